The summed E-state index contributed by atoms with van der Waals surface area (Å²) in [5, 5.41) is 2.02. The first kappa shape index (κ1) is 9.93. The van der Waals surface area contributed by atoms with Gasteiger partial charge in [-0.1, -0.05) is 6.42 Å². The van der Waals surface area contributed by atoms with Crippen molar-refractivity contribution in [2.75, 3.05) is 19.7 Å². The predicted molar refractivity (Wildman–Crippen MR) is 52.5 cm³/mol. The van der Waals surface area contributed by atoms with Crippen LogP contribution in [-0.2, 0) is 9.53 Å². The second-order valence-electron chi connectivity index (χ2n) is 4.03. The summed E-state index contributed by atoms with van der Waals surface area (Å²) in [6.07, 6.45) is 5.35. The van der Waals surface area contributed by atoms with Crippen molar-refractivity contribution in [2.45, 2.75) is 38.2 Å². The average Bonchev–Trinajstić information content (AvgIpc) is 2.72. The van der Waals surface area contributed by atoms with Crippen LogP contribution in [0.25, 0.3) is 0 Å². The molecule has 0 aromatic rings. The Morgan fingerprint density at radius 1 is 1.21 bits per heavy atom. The van der Waals surface area contributed by atoms with Gasteiger partial charge in [0, 0.05) is 19.7 Å². The fourth-order valence-corrected chi connectivity index (χ4v) is 2.02. The molecule has 0 bridgehead atoms. The molecular formula is C10H18N2O2. The average molecular weight is 198 g/mol. The monoisotopic (exact) mass is 198 g/mol. The molecule has 0 aliphatic carbocycles. The van der Waals surface area contributed by atoms with Crippen LogP contribution in [0, 0.1) is 0 Å². The van der Waals surface area contributed by atoms with Crippen molar-refractivity contribution in [3.63, 3.8) is 0 Å². The Morgan fingerprint density at radius 3 is 2.64 bits per heavy atom. The molecule has 80 valence electrons. The van der Waals surface area contributed by atoms with E-state index in [-0.39, 0.29) is 12.0 Å². The molecule has 4 heteroatoms. The number of carbonyl (C=O) groups excluding carboxylic acids is 1. The van der Waals surface area contributed by atoms with Gasteiger partial charge >= 0.3 is 0 Å². The number of ether oxygens (including phenoxy) is 1. The maximum Gasteiger partial charge on any atom is 0.263 e. The highest BCUT2D eigenvalue weighted by molar-refractivity contribution is 5.80. The van der Waals surface area contributed by atoms with Crippen LogP contribution in [0.2, 0.25) is 0 Å². The minimum atomic E-state index is -0.197. The maximum absolute atomic E-state index is 11.6. The Hall–Kier alpha value is -0.610. The van der Waals surface area contributed by atoms with E-state index in [1.54, 1.807) is 0 Å². The van der Waals surface area contributed by atoms with Crippen molar-refractivity contribution in [2.24, 2.45) is 0 Å². The summed E-state index contributed by atoms with van der Waals surface area (Å²) in [7, 11) is 0. The standard InChI is InChI=1S/C10H18N2O2/c13-10(9-5-4-8-14-9)11-12-6-2-1-3-7-12/h9H,1-8H2,(H,11,13)/t9-/m1/s1. The summed E-state index contributed by atoms with van der Waals surface area (Å²) in [4.78, 5) is 11.6. The maximum atomic E-state index is 11.6. The third-order valence-electron chi connectivity index (χ3n) is 2.85. The van der Waals surface area contributed by atoms with E-state index in [9.17, 15) is 4.79 Å². The van der Waals surface area contributed by atoms with Gasteiger partial charge in [-0.3, -0.25) is 10.2 Å². The minimum absolute atomic E-state index is 0.0457. The first-order valence-corrected chi connectivity index (χ1v) is 5.53. The smallest absolute Gasteiger partial charge is 0.263 e. The van der Waals surface area contributed by atoms with Crippen molar-refractivity contribution in [3.8, 4) is 0 Å². The number of hydrogen-bond donors (Lipinski definition) is 1. The fraction of sp³-hybridized carbons (Fsp3) is 0.900. The first-order chi connectivity index (χ1) is 6.86. The van der Waals surface area contributed by atoms with E-state index in [4.69, 9.17) is 4.74 Å². The van der Waals surface area contributed by atoms with Gasteiger partial charge in [0.25, 0.3) is 5.91 Å². The summed E-state index contributed by atoms with van der Waals surface area (Å²) in [5.41, 5.74) is 2.93. The van der Waals surface area contributed by atoms with Crippen LogP contribution >= 0.6 is 0 Å². The molecule has 2 heterocycles. The van der Waals surface area contributed by atoms with Gasteiger partial charge in [-0.25, -0.2) is 5.01 Å². The van der Waals surface area contributed by atoms with Crippen LogP contribution < -0.4 is 5.43 Å². The Bertz CT molecular complexity index is 196. The molecule has 14 heavy (non-hydrogen) atoms. The molecule has 0 radical (unpaired) electrons. The zero-order chi connectivity index (χ0) is 9.80. The number of rotatable bonds is 2. The van der Waals surface area contributed by atoms with Gasteiger partial charge in [0.2, 0.25) is 0 Å². The van der Waals surface area contributed by atoms with Crippen LogP contribution in [0.15, 0.2) is 0 Å². The van der Waals surface area contributed by atoms with E-state index in [1.807, 2.05) is 5.01 Å². The number of piperidine rings is 1. The lowest BCUT2D eigenvalue weighted by Gasteiger charge is -2.27. The lowest BCUT2D eigenvalue weighted by atomic mass is 10.2. The number of nitrogens with one attached hydrogen (secondary N) is 1. The minimum Gasteiger partial charge on any atom is -0.368 e. The third-order valence-corrected chi connectivity index (χ3v) is 2.85. The van der Waals surface area contributed by atoms with E-state index < -0.39 is 0 Å². The van der Waals surface area contributed by atoms with Crippen LogP contribution in [0.4, 0.5) is 0 Å². The molecule has 2 fully saturated rings. The summed E-state index contributed by atoms with van der Waals surface area (Å²) in [6, 6.07) is 0. The Balaban J connectivity index is 1.75. The molecule has 1 atom stereocenters. The van der Waals surface area contributed by atoms with Crippen LogP contribution in [0.5, 0.6) is 0 Å². The first-order valence-electron chi connectivity index (χ1n) is 5.53. The largest absolute Gasteiger partial charge is 0.368 e. The van der Waals surface area contributed by atoms with Crippen molar-refractivity contribution >= 4 is 5.91 Å². The SMILES string of the molecule is O=C(NN1CCCCC1)[C@H]1CCCO1. The van der Waals surface area contributed by atoms with Gasteiger partial charge in [-0.15, -0.1) is 0 Å². The molecule has 1 N–H and O–H groups in total. The molecule has 2 saturated heterocycles. The van der Waals surface area contributed by atoms with Crippen LogP contribution in [0.3, 0.4) is 0 Å². The number of hydrazine groups is 1. The fourth-order valence-electron chi connectivity index (χ4n) is 2.02. The highest BCUT2D eigenvalue weighted by Crippen LogP contribution is 2.13. The van der Waals surface area contributed by atoms with E-state index in [1.165, 1.54) is 19.3 Å². The molecule has 0 aromatic carbocycles. The van der Waals surface area contributed by atoms with Gasteiger partial charge in [0.05, 0.1) is 0 Å². The normalized spacial score (nSPS) is 29.0. The van der Waals surface area contributed by atoms with Crippen LogP contribution in [-0.4, -0.2) is 36.7 Å². The summed E-state index contributed by atoms with van der Waals surface area (Å²) in [6.45, 7) is 2.70. The number of carbonyl (C=O) groups is 1. The number of amides is 1. The Morgan fingerprint density at radius 2 is 2.00 bits per heavy atom. The quantitative estimate of drug-likeness (QED) is 0.709. The lowest BCUT2D eigenvalue weighted by molar-refractivity contribution is -0.135. The third kappa shape index (κ3) is 2.45. The van der Waals surface area contributed by atoms with Crippen LogP contribution in [0.1, 0.15) is 32.1 Å². The topological polar surface area (TPSA) is 41.6 Å². The Labute approximate surface area is 84.6 Å². The van der Waals surface area contributed by atoms with Crippen molar-refractivity contribution < 1.29 is 9.53 Å². The van der Waals surface area contributed by atoms with Crippen molar-refractivity contribution in [3.05, 3.63) is 0 Å². The van der Waals surface area contributed by atoms with Gasteiger partial charge in [-0.05, 0) is 25.7 Å². The number of nitrogens with zero attached hydrogens (tertiary/aromatic N) is 1. The zero-order valence-electron chi connectivity index (χ0n) is 8.50. The highest BCUT2D eigenvalue weighted by Gasteiger charge is 2.25. The van der Waals surface area contributed by atoms with E-state index in [0.29, 0.717) is 0 Å². The van der Waals surface area contributed by atoms with Crippen molar-refractivity contribution in [1.82, 2.24) is 10.4 Å². The van der Waals surface area contributed by atoms with Gasteiger partial charge in [0.15, 0.2) is 0 Å². The Kier molecular flexibility index (Phi) is 3.37. The summed E-state index contributed by atoms with van der Waals surface area (Å²) in [5.74, 6) is 0.0457. The predicted octanol–water partition coefficient (Wildman–Crippen LogP) is 0.682. The second-order valence-corrected chi connectivity index (χ2v) is 4.03. The van der Waals surface area contributed by atoms with E-state index >= 15 is 0 Å². The van der Waals surface area contributed by atoms with E-state index in [2.05, 4.69) is 5.43 Å². The van der Waals surface area contributed by atoms with Gasteiger partial charge in [-0.2, -0.15) is 0 Å². The molecule has 0 saturated carbocycles. The molecule has 2 aliphatic rings. The van der Waals surface area contributed by atoms with Gasteiger partial charge in [0.1, 0.15) is 6.10 Å². The highest BCUT2D eigenvalue weighted by atomic mass is 16.5. The summed E-state index contributed by atoms with van der Waals surface area (Å²) < 4.78 is 5.32. The molecule has 2 rings (SSSR count). The zero-order valence-corrected chi connectivity index (χ0v) is 8.50. The van der Waals surface area contributed by atoms with Crippen molar-refractivity contribution in [1.29, 1.82) is 0 Å². The van der Waals surface area contributed by atoms with Gasteiger partial charge < -0.3 is 4.74 Å². The molecule has 2 aliphatic heterocycles. The molecule has 4 nitrogen and oxygen atoms in total. The summed E-state index contributed by atoms with van der Waals surface area (Å²) >= 11 is 0. The molecule has 0 spiro atoms. The molecular weight excluding hydrogens is 180 g/mol. The van der Waals surface area contributed by atoms with E-state index in [0.717, 1.165) is 32.5 Å². The molecule has 1 amide bonds. The second kappa shape index (κ2) is 4.75. The lowest BCUT2D eigenvalue weighted by Crippen LogP contribution is -2.48. The molecule has 0 unspecified atom stereocenters. The molecule has 0 aromatic heterocycles. The number of hydrogen-bond acceptors (Lipinski definition) is 3.